The molecular formula is C31H44N2O3. The number of Topliss-reactive ketones (excluding diaryl/α,β-unsaturated/α-hetero) is 1. The molecule has 5 heteroatoms. The number of phenolic OH excluding ortho intramolecular Hbond substituents is 1. The average Bonchev–Trinajstić information content (AvgIpc) is 3.07. The lowest BCUT2D eigenvalue weighted by atomic mass is 9.78. The number of rotatable bonds is 8. The number of nitrogens with zero attached hydrogens (tertiary/aromatic N) is 1. The van der Waals surface area contributed by atoms with Gasteiger partial charge in [-0.3, -0.25) is 10.2 Å². The molecule has 0 amide bonds. The Morgan fingerprint density at radius 2 is 1.67 bits per heavy atom. The highest BCUT2D eigenvalue weighted by Crippen LogP contribution is 2.41. The minimum atomic E-state index is -0.302. The molecule has 0 unspecified atom stereocenters. The fourth-order valence-corrected chi connectivity index (χ4v) is 5.28. The summed E-state index contributed by atoms with van der Waals surface area (Å²) < 4.78 is 5.71. The first-order valence-electron chi connectivity index (χ1n) is 13.2. The van der Waals surface area contributed by atoms with Gasteiger partial charge in [-0.1, -0.05) is 67.0 Å². The number of hydrogen-bond acceptors (Lipinski definition) is 4. The predicted molar refractivity (Wildman–Crippen MR) is 148 cm³/mol. The Labute approximate surface area is 217 Å². The van der Waals surface area contributed by atoms with Crippen molar-refractivity contribution in [1.29, 1.82) is 5.41 Å². The summed E-state index contributed by atoms with van der Waals surface area (Å²) in [6, 6.07) is 11.7. The van der Waals surface area contributed by atoms with Crippen molar-refractivity contribution in [2.45, 2.75) is 85.0 Å². The van der Waals surface area contributed by atoms with Crippen molar-refractivity contribution in [3.05, 3.63) is 58.7 Å². The number of carbonyl (C=O) groups excluding carboxylic acids is 1. The first kappa shape index (κ1) is 27.8. The third kappa shape index (κ3) is 5.93. The lowest BCUT2D eigenvalue weighted by Gasteiger charge is -2.28. The molecule has 3 rings (SSSR count). The molecule has 1 fully saturated rings. The highest BCUT2D eigenvalue weighted by atomic mass is 16.5. The van der Waals surface area contributed by atoms with Gasteiger partial charge in [-0.2, -0.15) is 0 Å². The number of benzene rings is 2. The molecule has 0 aliphatic carbocycles. The van der Waals surface area contributed by atoms with Crippen LogP contribution >= 0.6 is 0 Å². The van der Waals surface area contributed by atoms with Crippen molar-refractivity contribution in [3.8, 4) is 11.5 Å². The second kappa shape index (κ2) is 10.7. The largest absolute Gasteiger partial charge is 0.507 e. The van der Waals surface area contributed by atoms with Crippen LogP contribution in [0.2, 0.25) is 0 Å². The van der Waals surface area contributed by atoms with Crippen molar-refractivity contribution in [2.75, 3.05) is 19.7 Å². The van der Waals surface area contributed by atoms with Gasteiger partial charge in [-0.05, 0) is 59.9 Å². The van der Waals surface area contributed by atoms with Gasteiger partial charge in [0.15, 0.2) is 5.78 Å². The maximum Gasteiger partial charge on any atom is 0.182 e. The van der Waals surface area contributed by atoms with E-state index in [0.29, 0.717) is 24.6 Å². The molecule has 0 bridgehead atoms. The number of nitrogens with one attached hydrogen (secondary N) is 1. The van der Waals surface area contributed by atoms with Gasteiger partial charge in [0.25, 0.3) is 0 Å². The van der Waals surface area contributed by atoms with Crippen LogP contribution in [0.15, 0.2) is 36.4 Å². The van der Waals surface area contributed by atoms with Gasteiger partial charge < -0.3 is 14.7 Å². The SMILES string of the molecule is CCC[C@H]1CN(CC(=O)c2cc(C(C)(C)C)c(O)c(C(C)(C)C)c2)C(=N)[C@@H]1c1cccc(OCC)c1. The second-order valence-corrected chi connectivity index (χ2v) is 12.1. The topological polar surface area (TPSA) is 73.6 Å². The predicted octanol–water partition coefficient (Wildman–Crippen LogP) is 7.06. The van der Waals surface area contributed by atoms with Gasteiger partial charge in [0.1, 0.15) is 17.3 Å². The molecule has 1 aliphatic rings. The zero-order chi connectivity index (χ0) is 26.8. The summed E-state index contributed by atoms with van der Waals surface area (Å²) >= 11 is 0. The number of aromatic hydroxyl groups is 1. The van der Waals surface area contributed by atoms with E-state index in [9.17, 15) is 9.90 Å². The second-order valence-electron chi connectivity index (χ2n) is 12.1. The average molecular weight is 493 g/mol. The van der Waals surface area contributed by atoms with E-state index in [2.05, 4.69) is 54.5 Å². The van der Waals surface area contributed by atoms with Crippen LogP contribution in [0.1, 0.15) is 101 Å². The van der Waals surface area contributed by atoms with E-state index in [1.54, 1.807) is 0 Å². The molecule has 2 aromatic rings. The minimum absolute atomic E-state index is 0.0188. The van der Waals surface area contributed by atoms with Gasteiger partial charge in [0, 0.05) is 29.2 Å². The van der Waals surface area contributed by atoms with Crippen molar-refractivity contribution in [3.63, 3.8) is 0 Å². The molecule has 1 aliphatic heterocycles. The fraction of sp³-hybridized carbons (Fsp3) is 0.548. The maximum atomic E-state index is 13.6. The Kier molecular flexibility index (Phi) is 8.22. The van der Waals surface area contributed by atoms with E-state index in [4.69, 9.17) is 10.1 Å². The summed E-state index contributed by atoms with van der Waals surface area (Å²) in [5.41, 5.74) is 2.64. The van der Waals surface area contributed by atoms with Gasteiger partial charge >= 0.3 is 0 Å². The monoisotopic (exact) mass is 492 g/mol. The number of amidine groups is 1. The molecule has 2 atom stereocenters. The maximum absolute atomic E-state index is 13.6. The zero-order valence-corrected chi connectivity index (χ0v) is 23.4. The first-order chi connectivity index (χ1) is 16.8. The van der Waals surface area contributed by atoms with Crippen LogP contribution in [0.4, 0.5) is 0 Å². The van der Waals surface area contributed by atoms with Crippen LogP contribution in [0.3, 0.4) is 0 Å². The summed E-state index contributed by atoms with van der Waals surface area (Å²) in [7, 11) is 0. The number of hydrogen-bond donors (Lipinski definition) is 2. The van der Waals surface area contributed by atoms with Crippen molar-refractivity contribution in [1.82, 2.24) is 4.90 Å². The van der Waals surface area contributed by atoms with Crippen LogP contribution in [-0.4, -0.2) is 41.3 Å². The Bertz CT molecular complexity index is 1070. The van der Waals surface area contributed by atoms with Crippen LogP contribution in [-0.2, 0) is 10.8 Å². The van der Waals surface area contributed by atoms with Gasteiger partial charge in [0.05, 0.1) is 13.2 Å². The van der Waals surface area contributed by atoms with Crippen LogP contribution < -0.4 is 4.74 Å². The van der Waals surface area contributed by atoms with Crippen molar-refractivity contribution in [2.24, 2.45) is 5.92 Å². The minimum Gasteiger partial charge on any atom is -0.507 e. The summed E-state index contributed by atoms with van der Waals surface area (Å²) in [6.45, 7) is 17.9. The number of ketones is 1. The molecule has 1 heterocycles. The third-order valence-corrected chi connectivity index (χ3v) is 7.13. The van der Waals surface area contributed by atoms with Crippen LogP contribution in [0, 0.1) is 11.3 Å². The van der Waals surface area contributed by atoms with Gasteiger partial charge in [-0.15, -0.1) is 0 Å². The van der Waals surface area contributed by atoms with E-state index < -0.39 is 0 Å². The summed E-state index contributed by atoms with van der Waals surface area (Å²) in [6.07, 6.45) is 2.03. The molecule has 36 heavy (non-hydrogen) atoms. The van der Waals surface area contributed by atoms with Gasteiger partial charge in [0.2, 0.25) is 0 Å². The van der Waals surface area contributed by atoms with E-state index >= 15 is 0 Å². The number of likely N-dealkylation sites (tertiary alicyclic amines) is 1. The normalized spacial score (nSPS) is 18.6. The molecule has 0 aromatic heterocycles. The molecule has 5 nitrogen and oxygen atoms in total. The molecular weight excluding hydrogens is 448 g/mol. The Morgan fingerprint density at radius 3 is 2.19 bits per heavy atom. The zero-order valence-electron chi connectivity index (χ0n) is 23.4. The lowest BCUT2D eigenvalue weighted by Crippen LogP contribution is -2.32. The Balaban J connectivity index is 1.93. The molecule has 0 radical (unpaired) electrons. The molecule has 0 spiro atoms. The third-order valence-electron chi connectivity index (χ3n) is 7.13. The molecule has 2 aromatic carbocycles. The number of phenols is 1. The molecule has 0 saturated carbocycles. The summed E-state index contributed by atoms with van der Waals surface area (Å²) in [5.74, 6) is 1.81. The van der Waals surface area contributed by atoms with Crippen LogP contribution in [0.25, 0.3) is 0 Å². The Hall–Kier alpha value is -2.82. The van der Waals surface area contributed by atoms with Crippen molar-refractivity contribution >= 4 is 11.6 Å². The van der Waals surface area contributed by atoms with Crippen LogP contribution in [0.5, 0.6) is 11.5 Å². The fourth-order valence-electron chi connectivity index (χ4n) is 5.28. The molecule has 1 saturated heterocycles. The van der Waals surface area contributed by atoms with E-state index in [0.717, 1.165) is 35.3 Å². The Morgan fingerprint density at radius 1 is 1.06 bits per heavy atom. The smallest absolute Gasteiger partial charge is 0.182 e. The lowest BCUT2D eigenvalue weighted by molar-refractivity contribution is 0.0963. The molecule has 2 N–H and O–H groups in total. The summed E-state index contributed by atoms with van der Waals surface area (Å²) in [4.78, 5) is 15.6. The van der Waals surface area contributed by atoms with E-state index in [1.807, 2.05) is 42.2 Å². The number of carbonyl (C=O) groups is 1. The van der Waals surface area contributed by atoms with E-state index in [-0.39, 0.29) is 40.7 Å². The van der Waals surface area contributed by atoms with E-state index in [1.165, 1.54) is 0 Å². The summed E-state index contributed by atoms with van der Waals surface area (Å²) in [5, 5.41) is 20.1. The molecule has 196 valence electrons. The van der Waals surface area contributed by atoms with Gasteiger partial charge in [-0.25, -0.2) is 0 Å². The number of ether oxygens (including phenoxy) is 1. The highest BCUT2D eigenvalue weighted by Gasteiger charge is 2.39. The standard InChI is InChI=1S/C31H44N2O3/c1-9-12-21-18-33(29(32)27(21)20-13-11-14-23(15-20)36-10-2)19-26(34)22-16-24(30(3,4)5)28(35)25(17-22)31(6,7)8/h11,13-17,21,27,32,35H,9-10,12,18-19H2,1-8H3/t21-,27+/m0/s1. The first-order valence-corrected chi connectivity index (χ1v) is 13.2. The highest BCUT2D eigenvalue weighted by molar-refractivity contribution is 6.01. The van der Waals surface area contributed by atoms with Crippen molar-refractivity contribution < 1.29 is 14.6 Å². The quantitative estimate of drug-likeness (QED) is 0.387.